The number of hydrogen-bond acceptors (Lipinski definition) is 5. The lowest BCUT2D eigenvalue weighted by atomic mass is 10.1. The lowest BCUT2D eigenvalue weighted by Crippen LogP contribution is -2.28. The first-order valence-corrected chi connectivity index (χ1v) is 7.24. The summed E-state index contributed by atoms with van der Waals surface area (Å²) >= 11 is 0. The Labute approximate surface area is 107 Å². The van der Waals surface area contributed by atoms with E-state index >= 15 is 0 Å². The van der Waals surface area contributed by atoms with Gasteiger partial charge in [0, 0.05) is 0 Å². The molecular formula is C12H16O5S. The Morgan fingerprint density at radius 2 is 1.89 bits per heavy atom. The quantitative estimate of drug-likeness (QED) is 0.573. The van der Waals surface area contributed by atoms with Gasteiger partial charge >= 0.3 is 5.97 Å². The van der Waals surface area contributed by atoms with Crippen molar-refractivity contribution in [1.82, 2.24) is 0 Å². The molecule has 1 atom stereocenters. The molecule has 0 amide bonds. The first-order valence-electron chi connectivity index (χ1n) is 5.42. The Bertz CT molecular complexity index is 480. The fourth-order valence-electron chi connectivity index (χ4n) is 1.49. The van der Waals surface area contributed by atoms with Gasteiger partial charge in [-0.3, -0.25) is 4.18 Å². The summed E-state index contributed by atoms with van der Waals surface area (Å²) in [5.41, 5.74) is 1.00. The SMILES string of the molecule is COC(=O)C(CCc1ccccc1)OS(C)(=O)=O. The summed E-state index contributed by atoms with van der Waals surface area (Å²) in [7, 11) is -2.49. The molecule has 0 N–H and O–H groups in total. The summed E-state index contributed by atoms with van der Waals surface area (Å²) in [6.45, 7) is 0. The average Bonchev–Trinajstić information content (AvgIpc) is 2.33. The number of ether oxygens (including phenoxy) is 1. The lowest BCUT2D eigenvalue weighted by Gasteiger charge is -2.13. The monoisotopic (exact) mass is 272 g/mol. The summed E-state index contributed by atoms with van der Waals surface area (Å²) < 4.78 is 31.3. The van der Waals surface area contributed by atoms with Gasteiger partial charge in [0.05, 0.1) is 13.4 Å². The number of carbonyl (C=O) groups excluding carboxylic acids is 1. The van der Waals surface area contributed by atoms with Crippen molar-refractivity contribution < 1.29 is 22.1 Å². The highest BCUT2D eigenvalue weighted by atomic mass is 32.2. The first kappa shape index (κ1) is 14.7. The van der Waals surface area contributed by atoms with Gasteiger partial charge in [0.15, 0.2) is 6.10 Å². The highest BCUT2D eigenvalue weighted by Crippen LogP contribution is 2.10. The van der Waals surface area contributed by atoms with Crippen molar-refractivity contribution in [1.29, 1.82) is 0 Å². The highest BCUT2D eigenvalue weighted by Gasteiger charge is 2.24. The third kappa shape index (κ3) is 5.29. The predicted molar refractivity (Wildman–Crippen MR) is 66.5 cm³/mol. The summed E-state index contributed by atoms with van der Waals surface area (Å²) in [6, 6.07) is 9.43. The molecule has 0 bridgehead atoms. The van der Waals surface area contributed by atoms with Crippen LogP contribution in [0.4, 0.5) is 0 Å². The summed E-state index contributed by atoms with van der Waals surface area (Å²) in [5.74, 6) is -0.684. The molecule has 6 heteroatoms. The second-order valence-electron chi connectivity index (χ2n) is 3.84. The van der Waals surface area contributed by atoms with E-state index in [-0.39, 0.29) is 6.42 Å². The summed E-state index contributed by atoms with van der Waals surface area (Å²) in [5, 5.41) is 0. The topological polar surface area (TPSA) is 69.7 Å². The van der Waals surface area contributed by atoms with E-state index in [4.69, 9.17) is 4.18 Å². The molecular weight excluding hydrogens is 256 g/mol. The largest absolute Gasteiger partial charge is 0.467 e. The van der Waals surface area contributed by atoms with Crippen LogP contribution in [0.3, 0.4) is 0 Å². The van der Waals surface area contributed by atoms with Gasteiger partial charge in [-0.25, -0.2) is 4.79 Å². The van der Waals surface area contributed by atoms with Gasteiger partial charge in [-0.2, -0.15) is 8.42 Å². The summed E-state index contributed by atoms with van der Waals surface area (Å²) in [6.07, 6.45) is 0.607. The van der Waals surface area contributed by atoms with E-state index in [1.54, 1.807) is 0 Å². The molecule has 100 valence electrons. The molecule has 0 saturated heterocycles. The molecule has 18 heavy (non-hydrogen) atoms. The molecule has 1 rings (SSSR count). The smallest absolute Gasteiger partial charge is 0.336 e. The minimum absolute atomic E-state index is 0.254. The Morgan fingerprint density at radius 3 is 2.39 bits per heavy atom. The van der Waals surface area contributed by atoms with Crippen molar-refractivity contribution >= 4 is 16.1 Å². The molecule has 0 aliphatic heterocycles. The van der Waals surface area contributed by atoms with Gasteiger partial charge in [0.1, 0.15) is 0 Å². The van der Waals surface area contributed by atoms with E-state index in [1.807, 2.05) is 30.3 Å². The zero-order valence-electron chi connectivity index (χ0n) is 10.3. The van der Waals surface area contributed by atoms with Crippen LogP contribution in [0.1, 0.15) is 12.0 Å². The van der Waals surface area contributed by atoms with E-state index in [1.165, 1.54) is 7.11 Å². The molecule has 0 aliphatic rings. The standard InChI is InChI=1S/C12H16O5S/c1-16-12(13)11(17-18(2,14)15)9-8-10-6-4-3-5-7-10/h3-7,11H,8-9H2,1-2H3. The number of esters is 1. The average molecular weight is 272 g/mol. The minimum Gasteiger partial charge on any atom is -0.467 e. The van der Waals surface area contributed by atoms with E-state index in [2.05, 4.69) is 4.74 Å². The summed E-state index contributed by atoms with van der Waals surface area (Å²) in [4.78, 5) is 11.4. The van der Waals surface area contributed by atoms with Gasteiger partial charge in [-0.15, -0.1) is 0 Å². The van der Waals surface area contributed by atoms with Crippen LogP contribution in [0, 0.1) is 0 Å². The first-order chi connectivity index (χ1) is 8.42. The Hall–Kier alpha value is -1.40. The van der Waals surface area contributed by atoms with Crippen molar-refractivity contribution in [3.8, 4) is 0 Å². The highest BCUT2D eigenvalue weighted by molar-refractivity contribution is 7.86. The lowest BCUT2D eigenvalue weighted by molar-refractivity contribution is -0.148. The Morgan fingerprint density at radius 1 is 1.28 bits per heavy atom. The van der Waals surface area contributed by atoms with Gasteiger partial charge in [-0.1, -0.05) is 30.3 Å². The second kappa shape index (κ2) is 6.51. The third-order valence-corrected chi connectivity index (χ3v) is 2.87. The van der Waals surface area contributed by atoms with Crippen molar-refractivity contribution in [2.24, 2.45) is 0 Å². The number of rotatable bonds is 6. The van der Waals surface area contributed by atoms with Crippen molar-refractivity contribution in [2.45, 2.75) is 18.9 Å². The van der Waals surface area contributed by atoms with Gasteiger partial charge in [0.2, 0.25) is 0 Å². The second-order valence-corrected chi connectivity index (χ2v) is 5.44. The van der Waals surface area contributed by atoms with E-state index in [0.29, 0.717) is 6.42 Å². The molecule has 1 unspecified atom stereocenters. The molecule has 0 spiro atoms. The van der Waals surface area contributed by atoms with Crippen molar-refractivity contribution in [2.75, 3.05) is 13.4 Å². The molecule has 5 nitrogen and oxygen atoms in total. The van der Waals surface area contributed by atoms with Crippen molar-refractivity contribution in [3.63, 3.8) is 0 Å². The fourth-order valence-corrected chi connectivity index (χ4v) is 2.09. The number of benzene rings is 1. The predicted octanol–water partition coefficient (Wildman–Crippen LogP) is 1.14. The van der Waals surface area contributed by atoms with Gasteiger partial charge in [-0.05, 0) is 18.4 Å². The molecule has 0 aliphatic carbocycles. The Kier molecular flexibility index (Phi) is 5.30. The number of aryl methyl sites for hydroxylation is 1. The van der Waals surface area contributed by atoms with Crippen LogP contribution in [-0.2, 0) is 30.3 Å². The van der Waals surface area contributed by atoms with Crippen molar-refractivity contribution in [3.05, 3.63) is 35.9 Å². The van der Waals surface area contributed by atoms with E-state index in [9.17, 15) is 13.2 Å². The zero-order chi connectivity index (χ0) is 13.6. The maximum absolute atomic E-state index is 11.4. The van der Waals surface area contributed by atoms with Crippen LogP contribution in [0.5, 0.6) is 0 Å². The number of carbonyl (C=O) groups is 1. The number of methoxy groups -OCH3 is 1. The van der Waals surface area contributed by atoms with Crippen LogP contribution in [0.15, 0.2) is 30.3 Å². The third-order valence-electron chi connectivity index (χ3n) is 2.29. The van der Waals surface area contributed by atoms with Crippen LogP contribution in [0.25, 0.3) is 0 Å². The molecule has 0 aromatic heterocycles. The molecule has 0 radical (unpaired) electrons. The maximum atomic E-state index is 11.4. The van der Waals surface area contributed by atoms with E-state index in [0.717, 1.165) is 11.8 Å². The Balaban J connectivity index is 2.65. The molecule has 0 saturated carbocycles. The molecule has 0 heterocycles. The van der Waals surface area contributed by atoms with Crippen LogP contribution < -0.4 is 0 Å². The normalized spacial score (nSPS) is 13.0. The molecule has 0 fully saturated rings. The zero-order valence-corrected chi connectivity index (χ0v) is 11.1. The van der Waals surface area contributed by atoms with Crippen LogP contribution >= 0.6 is 0 Å². The fraction of sp³-hybridized carbons (Fsp3) is 0.417. The van der Waals surface area contributed by atoms with Crippen LogP contribution in [-0.4, -0.2) is 33.9 Å². The molecule has 1 aromatic rings. The van der Waals surface area contributed by atoms with E-state index < -0.39 is 22.2 Å². The maximum Gasteiger partial charge on any atom is 0.336 e. The van der Waals surface area contributed by atoms with Crippen LogP contribution in [0.2, 0.25) is 0 Å². The van der Waals surface area contributed by atoms with Gasteiger partial charge in [0.25, 0.3) is 10.1 Å². The molecule has 1 aromatic carbocycles. The van der Waals surface area contributed by atoms with Gasteiger partial charge < -0.3 is 4.74 Å². The number of hydrogen-bond donors (Lipinski definition) is 0. The minimum atomic E-state index is -3.68.